The van der Waals surface area contributed by atoms with Crippen LogP contribution in [0.5, 0.6) is 0 Å². The molecule has 0 aliphatic heterocycles. The largest absolute Gasteiger partial charge is 0.469 e. The summed E-state index contributed by atoms with van der Waals surface area (Å²) < 4.78 is 9.99. The number of rotatable bonds is 9. The van der Waals surface area contributed by atoms with Crippen LogP contribution in [-0.2, 0) is 14.3 Å². The molecule has 0 radical (unpaired) electrons. The molecule has 0 saturated heterocycles. The number of hydrogen-bond acceptors (Lipinski definition) is 4. The first-order valence-electron chi connectivity index (χ1n) is 5.95. The second-order valence-electron chi connectivity index (χ2n) is 4.36. The van der Waals surface area contributed by atoms with E-state index >= 15 is 0 Å². The molecule has 0 bridgehead atoms. The number of esters is 1. The van der Waals surface area contributed by atoms with Crippen LogP contribution in [0.25, 0.3) is 0 Å². The Morgan fingerprint density at radius 2 is 2.19 bits per heavy atom. The highest BCUT2D eigenvalue weighted by atomic mass is 32.2. The van der Waals surface area contributed by atoms with Gasteiger partial charge in [-0.2, -0.15) is 11.8 Å². The Labute approximate surface area is 102 Å². The van der Waals surface area contributed by atoms with E-state index in [1.807, 2.05) is 18.7 Å². The molecule has 3 nitrogen and oxygen atoms in total. The molecule has 0 aromatic heterocycles. The summed E-state index contributed by atoms with van der Waals surface area (Å²) in [6.45, 7) is 3.67. The summed E-state index contributed by atoms with van der Waals surface area (Å²) in [5, 5.41) is 0. The summed E-state index contributed by atoms with van der Waals surface area (Å²) in [6, 6.07) is 0. The minimum atomic E-state index is -0.0626. The van der Waals surface area contributed by atoms with Crippen molar-refractivity contribution >= 4 is 17.7 Å². The number of carbonyl (C=O) groups is 1. The SMILES string of the molecule is CCOCCCSCC1(CC(=O)OC)CC1. The molecular formula is C12H22O3S. The minimum absolute atomic E-state index is 0.0626. The maximum Gasteiger partial charge on any atom is 0.306 e. The van der Waals surface area contributed by atoms with Gasteiger partial charge in [0.2, 0.25) is 0 Å². The highest BCUT2D eigenvalue weighted by Gasteiger charge is 2.44. The molecule has 1 aliphatic rings. The zero-order chi connectivity index (χ0) is 11.9. The fraction of sp³-hybridized carbons (Fsp3) is 0.917. The summed E-state index contributed by atoms with van der Waals surface area (Å²) in [4.78, 5) is 11.2. The third kappa shape index (κ3) is 5.21. The monoisotopic (exact) mass is 246 g/mol. The lowest BCUT2D eigenvalue weighted by atomic mass is 10.1. The van der Waals surface area contributed by atoms with Gasteiger partial charge in [0.1, 0.15) is 0 Å². The van der Waals surface area contributed by atoms with Crippen molar-refractivity contribution in [3.8, 4) is 0 Å². The molecule has 0 heterocycles. The van der Waals surface area contributed by atoms with E-state index < -0.39 is 0 Å². The van der Waals surface area contributed by atoms with Gasteiger partial charge in [-0.25, -0.2) is 0 Å². The van der Waals surface area contributed by atoms with Crippen LogP contribution in [0.4, 0.5) is 0 Å². The van der Waals surface area contributed by atoms with E-state index in [1.165, 1.54) is 20.0 Å². The van der Waals surface area contributed by atoms with E-state index in [0.29, 0.717) is 6.42 Å². The van der Waals surface area contributed by atoms with Crippen LogP contribution in [0.3, 0.4) is 0 Å². The zero-order valence-corrected chi connectivity index (χ0v) is 11.1. The van der Waals surface area contributed by atoms with E-state index in [9.17, 15) is 4.79 Å². The predicted molar refractivity (Wildman–Crippen MR) is 66.7 cm³/mol. The van der Waals surface area contributed by atoms with E-state index in [4.69, 9.17) is 9.47 Å². The van der Waals surface area contributed by atoms with Crippen molar-refractivity contribution in [2.45, 2.75) is 32.6 Å². The normalized spacial score (nSPS) is 17.1. The average Bonchev–Trinajstić information content (AvgIpc) is 3.03. The molecule has 16 heavy (non-hydrogen) atoms. The van der Waals surface area contributed by atoms with E-state index in [2.05, 4.69) is 0 Å². The first-order chi connectivity index (χ1) is 7.72. The number of thioether (sulfide) groups is 1. The summed E-state index contributed by atoms with van der Waals surface area (Å²) in [6.07, 6.45) is 4.07. The molecular weight excluding hydrogens is 224 g/mol. The molecule has 1 aliphatic carbocycles. The maximum atomic E-state index is 11.2. The summed E-state index contributed by atoms with van der Waals surface area (Å²) in [7, 11) is 1.47. The molecule has 0 spiro atoms. The quantitative estimate of drug-likeness (QED) is 0.462. The van der Waals surface area contributed by atoms with Crippen LogP contribution in [0, 0.1) is 5.41 Å². The second kappa shape index (κ2) is 7.17. The molecule has 0 aromatic rings. The van der Waals surface area contributed by atoms with Gasteiger partial charge in [-0.3, -0.25) is 4.79 Å². The highest BCUT2D eigenvalue weighted by molar-refractivity contribution is 7.99. The lowest BCUT2D eigenvalue weighted by Gasteiger charge is -2.12. The van der Waals surface area contributed by atoms with Gasteiger partial charge in [-0.15, -0.1) is 0 Å². The smallest absolute Gasteiger partial charge is 0.306 e. The van der Waals surface area contributed by atoms with Gasteiger partial charge in [0, 0.05) is 13.2 Å². The first kappa shape index (κ1) is 13.8. The fourth-order valence-electron chi connectivity index (χ4n) is 1.62. The van der Waals surface area contributed by atoms with Crippen LogP contribution in [-0.4, -0.2) is 37.8 Å². The van der Waals surface area contributed by atoms with Crippen LogP contribution in [0.1, 0.15) is 32.6 Å². The summed E-state index contributed by atoms with van der Waals surface area (Å²) in [5.74, 6) is 2.16. The molecule has 1 fully saturated rings. The van der Waals surface area contributed by atoms with Gasteiger partial charge in [-0.05, 0) is 43.1 Å². The van der Waals surface area contributed by atoms with E-state index in [-0.39, 0.29) is 11.4 Å². The van der Waals surface area contributed by atoms with Crippen molar-refractivity contribution in [2.75, 3.05) is 31.8 Å². The Morgan fingerprint density at radius 1 is 1.44 bits per heavy atom. The Bertz CT molecular complexity index is 214. The predicted octanol–water partition coefficient (Wildman–Crippen LogP) is 2.49. The highest BCUT2D eigenvalue weighted by Crippen LogP contribution is 2.51. The van der Waals surface area contributed by atoms with Crippen molar-refractivity contribution in [1.29, 1.82) is 0 Å². The molecule has 0 atom stereocenters. The van der Waals surface area contributed by atoms with E-state index in [0.717, 1.165) is 31.1 Å². The molecule has 4 heteroatoms. The molecule has 1 rings (SSSR count). The zero-order valence-electron chi connectivity index (χ0n) is 10.3. The number of methoxy groups -OCH3 is 1. The van der Waals surface area contributed by atoms with Gasteiger partial charge < -0.3 is 9.47 Å². The van der Waals surface area contributed by atoms with Crippen molar-refractivity contribution < 1.29 is 14.3 Å². The number of carbonyl (C=O) groups excluding carboxylic acids is 1. The minimum Gasteiger partial charge on any atom is -0.469 e. The third-order valence-electron chi connectivity index (χ3n) is 2.89. The van der Waals surface area contributed by atoms with Gasteiger partial charge in [0.25, 0.3) is 0 Å². The van der Waals surface area contributed by atoms with Gasteiger partial charge in [-0.1, -0.05) is 0 Å². The topological polar surface area (TPSA) is 35.5 Å². The lowest BCUT2D eigenvalue weighted by Crippen LogP contribution is -2.13. The Balaban J connectivity index is 2.01. The summed E-state index contributed by atoms with van der Waals surface area (Å²) >= 11 is 1.94. The van der Waals surface area contributed by atoms with Crippen molar-refractivity contribution in [2.24, 2.45) is 5.41 Å². The first-order valence-corrected chi connectivity index (χ1v) is 7.10. The van der Waals surface area contributed by atoms with Crippen LogP contribution in [0.2, 0.25) is 0 Å². The third-order valence-corrected chi connectivity index (χ3v) is 4.29. The standard InChI is InChI=1S/C12H22O3S/c1-3-15-7-4-8-16-10-12(5-6-12)9-11(13)14-2/h3-10H2,1-2H3. The van der Waals surface area contributed by atoms with Crippen LogP contribution in [0.15, 0.2) is 0 Å². The number of ether oxygens (including phenoxy) is 2. The molecule has 0 aromatic carbocycles. The molecule has 0 unspecified atom stereocenters. The van der Waals surface area contributed by atoms with Crippen LogP contribution < -0.4 is 0 Å². The van der Waals surface area contributed by atoms with Crippen molar-refractivity contribution in [3.63, 3.8) is 0 Å². The summed E-state index contributed by atoms with van der Waals surface area (Å²) in [5.41, 5.74) is 0.267. The molecule has 0 amide bonds. The van der Waals surface area contributed by atoms with E-state index in [1.54, 1.807) is 0 Å². The number of hydrogen-bond donors (Lipinski definition) is 0. The van der Waals surface area contributed by atoms with Gasteiger partial charge in [0.15, 0.2) is 0 Å². The lowest BCUT2D eigenvalue weighted by molar-refractivity contribution is -0.141. The van der Waals surface area contributed by atoms with Crippen molar-refractivity contribution in [1.82, 2.24) is 0 Å². The molecule has 1 saturated carbocycles. The maximum absolute atomic E-state index is 11.2. The Hall–Kier alpha value is -0.220. The van der Waals surface area contributed by atoms with Crippen LogP contribution >= 0.6 is 11.8 Å². The Kier molecular flexibility index (Phi) is 6.21. The average molecular weight is 246 g/mol. The fourth-order valence-corrected chi connectivity index (χ4v) is 2.91. The Morgan fingerprint density at radius 3 is 2.75 bits per heavy atom. The second-order valence-corrected chi connectivity index (χ2v) is 5.46. The molecule has 0 N–H and O–H groups in total. The van der Waals surface area contributed by atoms with Crippen molar-refractivity contribution in [3.05, 3.63) is 0 Å². The van der Waals surface area contributed by atoms with Gasteiger partial charge in [0.05, 0.1) is 13.5 Å². The molecule has 94 valence electrons. The van der Waals surface area contributed by atoms with Gasteiger partial charge >= 0.3 is 5.97 Å².